The number of hydrogen-bond acceptors (Lipinski definition) is 3. The molecule has 0 bridgehead atoms. The first-order chi connectivity index (χ1) is 13.0. The average molecular weight is 384 g/mol. The third-order valence-electron chi connectivity index (χ3n) is 6.19. The van der Waals surface area contributed by atoms with Gasteiger partial charge in [0, 0.05) is 48.4 Å². The zero-order valence-electron chi connectivity index (χ0n) is 15.9. The molecule has 0 aliphatic carbocycles. The molecule has 0 radical (unpaired) electrons. The SMILES string of the molecule is CC(C)N1CC2(CCN(C(=O)c3ccccn3)CC2)C1c1ccc(Cl)cc1. The van der Waals surface area contributed by atoms with Crippen molar-refractivity contribution in [2.75, 3.05) is 19.6 Å². The Labute approximate surface area is 166 Å². The summed E-state index contributed by atoms with van der Waals surface area (Å²) in [6.07, 6.45) is 3.74. The highest BCUT2D eigenvalue weighted by Crippen LogP contribution is 2.55. The summed E-state index contributed by atoms with van der Waals surface area (Å²) in [5.74, 6) is 0.0496. The van der Waals surface area contributed by atoms with E-state index in [0.717, 1.165) is 37.5 Å². The van der Waals surface area contributed by atoms with E-state index < -0.39 is 0 Å². The number of carbonyl (C=O) groups excluding carboxylic acids is 1. The maximum Gasteiger partial charge on any atom is 0.272 e. The van der Waals surface area contributed by atoms with Gasteiger partial charge >= 0.3 is 0 Å². The van der Waals surface area contributed by atoms with Crippen LogP contribution in [-0.4, -0.2) is 46.4 Å². The highest BCUT2D eigenvalue weighted by Gasteiger charge is 2.54. The minimum Gasteiger partial charge on any atom is -0.337 e. The van der Waals surface area contributed by atoms with Crippen molar-refractivity contribution in [3.63, 3.8) is 0 Å². The smallest absolute Gasteiger partial charge is 0.272 e. The molecule has 3 heterocycles. The lowest BCUT2D eigenvalue weighted by Gasteiger charge is -2.62. The van der Waals surface area contributed by atoms with Crippen LogP contribution >= 0.6 is 11.6 Å². The number of pyridine rings is 1. The van der Waals surface area contributed by atoms with Gasteiger partial charge in [0.1, 0.15) is 5.69 Å². The largest absolute Gasteiger partial charge is 0.337 e. The van der Waals surface area contributed by atoms with Crippen LogP contribution in [0.1, 0.15) is 48.8 Å². The van der Waals surface area contributed by atoms with Gasteiger partial charge in [0.05, 0.1) is 0 Å². The molecule has 1 amide bonds. The monoisotopic (exact) mass is 383 g/mol. The van der Waals surface area contributed by atoms with Gasteiger partial charge in [-0.3, -0.25) is 14.7 Å². The van der Waals surface area contributed by atoms with Crippen molar-refractivity contribution < 1.29 is 4.79 Å². The van der Waals surface area contributed by atoms with E-state index in [4.69, 9.17) is 11.6 Å². The summed E-state index contributed by atoms with van der Waals surface area (Å²) in [5.41, 5.74) is 2.13. The number of piperidine rings is 1. The van der Waals surface area contributed by atoms with Gasteiger partial charge in [-0.15, -0.1) is 0 Å². The van der Waals surface area contributed by atoms with Gasteiger partial charge < -0.3 is 4.90 Å². The van der Waals surface area contributed by atoms with Gasteiger partial charge in [0.25, 0.3) is 5.91 Å². The van der Waals surface area contributed by atoms with Crippen molar-refractivity contribution in [1.29, 1.82) is 0 Å². The topological polar surface area (TPSA) is 36.4 Å². The number of amides is 1. The lowest BCUT2D eigenvalue weighted by molar-refractivity contribution is -0.124. The van der Waals surface area contributed by atoms with Crippen LogP contribution in [0.3, 0.4) is 0 Å². The summed E-state index contributed by atoms with van der Waals surface area (Å²) in [6, 6.07) is 14.7. The van der Waals surface area contributed by atoms with E-state index in [0.29, 0.717) is 17.8 Å². The molecule has 2 aromatic rings. The zero-order valence-corrected chi connectivity index (χ0v) is 16.7. The van der Waals surface area contributed by atoms with Crippen molar-refractivity contribution in [3.8, 4) is 0 Å². The minimum absolute atomic E-state index is 0.0496. The second kappa shape index (κ2) is 7.25. The summed E-state index contributed by atoms with van der Waals surface area (Å²) >= 11 is 6.10. The Balaban J connectivity index is 1.51. The number of carbonyl (C=O) groups is 1. The Kier molecular flexibility index (Phi) is 4.95. The van der Waals surface area contributed by atoms with Crippen molar-refractivity contribution in [3.05, 3.63) is 64.9 Å². The Hall–Kier alpha value is -1.91. The zero-order chi connectivity index (χ0) is 19.0. The fourth-order valence-electron chi connectivity index (χ4n) is 4.69. The number of hydrogen-bond donors (Lipinski definition) is 0. The molecule has 5 heteroatoms. The van der Waals surface area contributed by atoms with Gasteiger partial charge in [-0.25, -0.2) is 0 Å². The Morgan fingerprint density at radius 2 is 1.85 bits per heavy atom. The number of likely N-dealkylation sites (tertiary alicyclic amines) is 2. The summed E-state index contributed by atoms with van der Waals surface area (Å²) in [4.78, 5) is 21.5. The van der Waals surface area contributed by atoms with Crippen LogP contribution in [0.4, 0.5) is 0 Å². The van der Waals surface area contributed by atoms with Gasteiger partial charge in [-0.05, 0) is 56.5 Å². The Bertz CT molecular complexity index is 798. The molecule has 2 aliphatic heterocycles. The van der Waals surface area contributed by atoms with Crippen LogP contribution < -0.4 is 0 Å². The van der Waals surface area contributed by atoms with E-state index in [2.05, 4.69) is 35.9 Å². The number of aromatic nitrogens is 1. The first kappa shape index (κ1) is 18.5. The fraction of sp³-hybridized carbons (Fsp3) is 0.455. The van der Waals surface area contributed by atoms with Crippen LogP contribution in [0, 0.1) is 5.41 Å². The van der Waals surface area contributed by atoms with Gasteiger partial charge in [-0.1, -0.05) is 29.8 Å². The Morgan fingerprint density at radius 1 is 1.15 bits per heavy atom. The van der Waals surface area contributed by atoms with Crippen LogP contribution in [0.5, 0.6) is 0 Å². The van der Waals surface area contributed by atoms with Crippen molar-refractivity contribution in [1.82, 2.24) is 14.8 Å². The fourth-order valence-corrected chi connectivity index (χ4v) is 4.82. The molecule has 4 rings (SSSR count). The predicted molar refractivity (Wildman–Crippen MR) is 108 cm³/mol. The molecule has 142 valence electrons. The van der Waals surface area contributed by atoms with Gasteiger partial charge in [0.2, 0.25) is 0 Å². The standard InChI is InChI=1S/C22H26ClN3O/c1-16(2)26-15-22(20(26)17-6-8-18(23)9-7-17)10-13-25(14-11-22)21(27)19-5-3-4-12-24-19/h3-9,12,16,20H,10-11,13-15H2,1-2H3. The van der Waals surface area contributed by atoms with Gasteiger partial charge in [0.15, 0.2) is 0 Å². The van der Waals surface area contributed by atoms with Crippen molar-refractivity contribution >= 4 is 17.5 Å². The lowest BCUT2D eigenvalue weighted by Crippen LogP contribution is -2.64. The highest BCUT2D eigenvalue weighted by molar-refractivity contribution is 6.30. The summed E-state index contributed by atoms with van der Waals surface area (Å²) in [6.45, 7) is 7.21. The molecule has 1 unspecified atom stereocenters. The molecule has 1 spiro atoms. The number of nitrogens with zero attached hydrogens (tertiary/aromatic N) is 3. The van der Waals surface area contributed by atoms with Crippen LogP contribution in [0.2, 0.25) is 5.02 Å². The van der Waals surface area contributed by atoms with Crippen LogP contribution in [0.15, 0.2) is 48.7 Å². The maximum absolute atomic E-state index is 12.7. The number of benzene rings is 1. The number of halogens is 1. The Morgan fingerprint density at radius 3 is 2.44 bits per heavy atom. The minimum atomic E-state index is 0.0496. The molecular formula is C22H26ClN3O. The van der Waals surface area contributed by atoms with Crippen LogP contribution in [-0.2, 0) is 0 Å². The van der Waals surface area contributed by atoms with Crippen molar-refractivity contribution in [2.24, 2.45) is 5.41 Å². The molecule has 27 heavy (non-hydrogen) atoms. The second-order valence-electron chi connectivity index (χ2n) is 8.09. The molecule has 2 saturated heterocycles. The summed E-state index contributed by atoms with van der Waals surface area (Å²) < 4.78 is 0. The normalized spacial score (nSPS) is 22.1. The van der Waals surface area contributed by atoms with E-state index in [9.17, 15) is 4.79 Å². The first-order valence-corrected chi connectivity index (χ1v) is 10.1. The van der Waals surface area contributed by atoms with Crippen LogP contribution in [0.25, 0.3) is 0 Å². The van der Waals surface area contributed by atoms with Crippen molar-refractivity contribution in [2.45, 2.75) is 38.8 Å². The van der Waals surface area contributed by atoms with E-state index in [1.54, 1.807) is 12.3 Å². The van der Waals surface area contributed by atoms with E-state index in [1.807, 2.05) is 29.2 Å². The molecule has 0 N–H and O–H groups in total. The lowest BCUT2D eigenvalue weighted by atomic mass is 9.62. The van der Waals surface area contributed by atoms with E-state index in [1.165, 1.54) is 5.56 Å². The van der Waals surface area contributed by atoms with E-state index >= 15 is 0 Å². The molecule has 1 aromatic heterocycles. The second-order valence-corrected chi connectivity index (χ2v) is 8.53. The average Bonchev–Trinajstić information content (AvgIpc) is 2.68. The summed E-state index contributed by atoms with van der Waals surface area (Å²) in [7, 11) is 0. The molecule has 1 atom stereocenters. The molecule has 1 aromatic carbocycles. The number of rotatable bonds is 3. The third-order valence-corrected chi connectivity index (χ3v) is 6.44. The highest BCUT2D eigenvalue weighted by atomic mass is 35.5. The molecular weight excluding hydrogens is 358 g/mol. The van der Waals surface area contributed by atoms with E-state index in [-0.39, 0.29) is 11.3 Å². The third kappa shape index (κ3) is 3.37. The molecule has 2 fully saturated rings. The molecule has 0 saturated carbocycles. The molecule has 2 aliphatic rings. The first-order valence-electron chi connectivity index (χ1n) is 9.72. The quantitative estimate of drug-likeness (QED) is 0.787. The summed E-state index contributed by atoms with van der Waals surface area (Å²) in [5, 5.41) is 0.777. The maximum atomic E-state index is 12.7. The predicted octanol–water partition coefficient (Wildman–Crippen LogP) is 4.42. The van der Waals surface area contributed by atoms with Gasteiger partial charge in [-0.2, -0.15) is 0 Å². The molecule has 4 nitrogen and oxygen atoms in total.